The monoisotopic (exact) mass is 271 g/mol. The third-order valence-electron chi connectivity index (χ3n) is 2.89. The number of rotatable bonds is 4. The minimum atomic E-state index is -0.163. The number of carbonyl (C=O) groups excluding carboxylic acids is 1. The normalized spacial score (nSPS) is 9.95. The summed E-state index contributed by atoms with van der Waals surface area (Å²) in [6.07, 6.45) is 0. The zero-order valence-electron chi connectivity index (χ0n) is 11.8. The van der Waals surface area contributed by atoms with Crippen LogP contribution in [0.25, 0.3) is 0 Å². The minimum Gasteiger partial charge on any atom is -0.497 e. The molecule has 0 aliphatic rings. The number of nitrogens with one attached hydrogen (secondary N) is 1. The molecule has 0 fully saturated rings. The lowest BCUT2D eigenvalue weighted by atomic mass is 10.1. The first-order valence-corrected chi connectivity index (χ1v) is 6.23. The van der Waals surface area contributed by atoms with Crippen molar-refractivity contribution in [3.63, 3.8) is 0 Å². The Morgan fingerprint density at radius 1 is 1.00 bits per heavy atom. The van der Waals surface area contributed by atoms with E-state index in [0.717, 1.165) is 5.56 Å². The van der Waals surface area contributed by atoms with Crippen molar-refractivity contribution in [2.45, 2.75) is 6.92 Å². The molecule has 0 spiro atoms. The lowest BCUT2D eigenvalue weighted by molar-refractivity contribution is 0.102. The van der Waals surface area contributed by atoms with E-state index in [-0.39, 0.29) is 5.91 Å². The number of benzene rings is 2. The fraction of sp³-hybridized carbons (Fsp3) is 0.188. The highest BCUT2D eigenvalue weighted by Crippen LogP contribution is 2.26. The molecule has 0 saturated carbocycles. The first kappa shape index (κ1) is 13.9. The Bertz CT molecular complexity index is 601. The van der Waals surface area contributed by atoms with Gasteiger partial charge in [-0.3, -0.25) is 4.79 Å². The van der Waals surface area contributed by atoms with Crippen molar-refractivity contribution in [2.24, 2.45) is 0 Å². The van der Waals surface area contributed by atoms with Crippen LogP contribution in [0.5, 0.6) is 11.5 Å². The number of anilines is 1. The largest absolute Gasteiger partial charge is 0.497 e. The standard InChI is InChI=1S/C16H17NO3/c1-11-5-4-6-12(7-11)16(18)17-13-8-14(19-2)10-15(9-13)20-3/h4-10H,1-3H3,(H,17,18). The van der Waals surface area contributed by atoms with Crippen LogP contribution in [0.15, 0.2) is 42.5 Å². The van der Waals surface area contributed by atoms with E-state index in [4.69, 9.17) is 9.47 Å². The maximum atomic E-state index is 12.2. The van der Waals surface area contributed by atoms with Gasteiger partial charge in [0.2, 0.25) is 0 Å². The van der Waals surface area contributed by atoms with Gasteiger partial charge in [-0.15, -0.1) is 0 Å². The Kier molecular flexibility index (Phi) is 4.25. The SMILES string of the molecule is COc1cc(NC(=O)c2cccc(C)c2)cc(OC)c1. The summed E-state index contributed by atoms with van der Waals surface area (Å²) in [6.45, 7) is 1.95. The molecule has 0 aliphatic heterocycles. The van der Waals surface area contributed by atoms with E-state index in [2.05, 4.69) is 5.32 Å². The Morgan fingerprint density at radius 3 is 2.20 bits per heavy atom. The summed E-state index contributed by atoms with van der Waals surface area (Å²) in [4.78, 5) is 12.2. The van der Waals surface area contributed by atoms with Crippen LogP contribution in [-0.2, 0) is 0 Å². The second-order valence-corrected chi connectivity index (χ2v) is 4.42. The van der Waals surface area contributed by atoms with Crippen molar-refractivity contribution in [2.75, 3.05) is 19.5 Å². The summed E-state index contributed by atoms with van der Waals surface area (Å²) in [5.41, 5.74) is 2.29. The van der Waals surface area contributed by atoms with Crippen molar-refractivity contribution in [3.8, 4) is 11.5 Å². The van der Waals surface area contributed by atoms with Crippen LogP contribution >= 0.6 is 0 Å². The van der Waals surface area contributed by atoms with E-state index in [9.17, 15) is 4.79 Å². The Morgan fingerprint density at radius 2 is 1.65 bits per heavy atom. The van der Waals surface area contributed by atoms with Crippen LogP contribution in [0.2, 0.25) is 0 Å². The predicted molar refractivity (Wildman–Crippen MR) is 78.7 cm³/mol. The first-order valence-electron chi connectivity index (χ1n) is 6.23. The molecule has 20 heavy (non-hydrogen) atoms. The topological polar surface area (TPSA) is 47.6 Å². The van der Waals surface area contributed by atoms with Gasteiger partial charge >= 0.3 is 0 Å². The van der Waals surface area contributed by atoms with Crippen LogP contribution < -0.4 is 14.8 Å². The molecule has 1 amide bonds. The minimum absolute atomic E-state index is 0.163. The van der Waals surface area contributed by atoms with E-state index in [1.54, 1.807) is 38.5 Å². The summed E-state index contributed by atoms with van der Waals surface area (Å²) in [7, 11) is 3.14. The number of ether oxygens (including phenoxy) is 2. The summed E-state index contributed by atoms with van der Waals surface area (Å²) < 4.78 is 10.3. The fourth-order valence-electron chi connectivity index (χ4n) is 1.87. The molecule has 0 bridgehead atoms. The van der Waals surface area contributed by atoms with Gasteiger partial charge in [0.15, 0.2) is 0 Å². The zero-order chi connectivity index (χ0) is 14.5. The van der Waals surface area contributed by atoms with Crippen LogP contribution in [0.4, 0.5) is 5.69 Å². The summed E-state index contributed by atoms with van der Waals surface area (Å²) in [5.74, 6) is 1.09. The number of hydrogen-bond acceptors (Lipinski definition) is 3. The lowest BCUT2D eigenvalue weighted by Crippen LogP contribution is -2.12. The number of carbonyl (C=O) groups is 1. The predicted octanol–water partition coefficient (Wildman–Crippen LogP) is 3.26. The fourth-order valence-corrected chi connectivity index (χ4v) is 1.87. The molecule has 0 saturated heterocycles. The Labute approximate surface area is 118 Å². The van der Waals surface area contributed by atoms with Crippen LogP contribution in [0.3, 0.4) is 0 Å². The van der Waals surface area contributed by atoms with E-state index in [1.807, 2.05) is 25.1 Å². The average molecular weight is 271 g/mol. The highest BCUT2D eigenvalue weighted by molar-refractivity contribution is 6.04. The van der Waals surface area contributed by atoms with Gasteiger partial charge in [0.1, 0.15) is 11.5 Å². The Balaban J connectivity index is 2.23. The molecule has 1 N–H and O–H groups in total. The van der Waals surface area contributed by atoms with Crippen LogP contribution in [-0.4, -0.2) is 20.1 Å². The van der Waals surface area contributed by atoms with Gasteiger partial charge in [-0.25, -0.2) is 0 Å². The average Bonchev–Trinajstić information content (AvgIpc) is 2.46. The maximum Gasteiger partial charge on any atom is 0.255 e. The summed E-state index contributed by atoms with van der Waals surface area (Å²) >= 11 is 0. The third kappa shape index (κ3) is 3.29. The first-order chi connectivity index (χ1) is 9.62. The van der Waals surface area contributed by atoms with Crippen LogP contribution in [0.1, 0.15) is 15.9 Å². The molecule has 0 aliphatic carbocycles. The quantitative estimate of drug-likeness (QED) is 0.928. The van der Waals surface area contributed by atoms with Gasteiger partial charge in [0, 0.05) is 29.4 Å². The number of hydrogen-bond donors (Lipinski definition) is 1. The molecule has 0 aromatic heterocycles. The molecule has 2 rings (SSSR count). The van der Waals surface area contributed by atoms with Gasteiger partial charge in [-0.1, -0.05) is 17.7 Å². The van der Waals surface area contributed by atoms with Gasteiger partial charge in [0.05, 0.1) is 14.2 Å². The molecular weight excluding hydrogens is 254 g/mol. The van der Waals surface area contributed by atoms with Crippen molar-refractivity contribution in [1.82, 2.24) is 0 Å². The zero-order valence-corrected chi connectivity index (χ0v) is 11.8. The van der Waals surface area contributed by atoms with E-state index in [0.29, 0.717) is 22.7 Å². The molecule has 0 radical (unpaired) electrons. The second kappa shape index (κ2) is 6.10. The van der Waals surface area contributed by atoms with Gasteiger partial charge in [0.25, 0.3) is 5.91 Å². The molecule has 2 aromatic carbocycles. The highest BCUT2D eigenvalue weighted by atomic mass is 16.5. The molecule has 4 heteroatoms. The molecule has 0 unspecified atom stereocenters. The smallest absolute Gasteiger partial charge is 0.255 e. The third-order valence-corrected chi connectivity index (χ3v) is 2.89. The lowest BCUT2D eigenvalue weighted by Gasteiger charge is -2.10. The maximum absolute atomic E-state index is 12.2. The Hall–Kier alpha value is -2.49. The summed E-state index contributed by atoms with van der Waals surface area (Å²) in [6, 6.07) is 12.7. The molecule has 0 atom stereocenters. The van der Waals surface area contributed by atoms with Crippen molar-refractivity contribution >= 4 is 11.6 Å². The molecule has 4 nitrogen and oxygen atoms in total. The van der Waals surface area contributed by atoms with Crippen molar-refractivity contribution < 1.29 is 14.3 Å². The molecule has 0 heterocycles. The van der Waals surface area contributed by atoms with Crippen LogP contribution in [0, 0.1) is 6.92 Å². The van der Waals surface area contributed by atoms with Crippen molar-refractivity contribution in [3.05, 3.63) is 53.6 Å². The van der Waals surface area contributed by atoms with Gasteiger partial charge in [-0.2, -0.15) is 0 Å². The number of amides is 1. The van der Waals surface area contributed by atoms with E-state index >= 15 is 0 Å². The second-order valence-electron chi connectivity index (χ2n) is 4.42. The molecular formula is C16H17NO3. The van der Waals surface area contributed by atoms with Crippen molar-refractivity contribution in [1.29, 1.82) is 0 Å². The van der Waals surface area contributed by atoms with Gasteiger partial charge in [-0.05, 0) is 19.1 Å². The summed E-state index contributed by atoms with van der Waals surface area (Å²) in [5, 5.41) is 2.84. The number of methoxy groups -OCH3 is 2. The van der Waals surface area contributed by atoms with E-state index < -0.39 is 0 Å². The highest BCUT2D eigenvalue weighted by Gasteiger charge is 2.08. The molecule has 2 aromatic rings. The molecule has 104 valence electrons. The van der Waals surface area contributed by atoms with E-state index in [1.165, 1.54) is 0 Å². The number of aryl methyl sites for hydroxylation is 1. The van der Waals surface area contributed by atoms with Gasteiger partial charge < -0.3 is 14.8 Å².